The first-order valence-corrected chi connectivity index (χ1v) is 8.49. The number of nitrogens with zero attached hydrogens (tertiary/aromatic N) is 2. The van der Waals surface area contributed by atoms with Crippen LogP contribution in [0.3, 0.4) is 0 Å². The third kappa shape index (κ3) is 4.06. The van der Waals surface area contributed by atoms with Crippen LogP contribution >= 0.6 is 22.9 Å². The number of unbranched alkanes of at least 4 members (excludes halogenated alkanes) is 3. The van der Waals surface area contributed by atoms with E-state index in [2.05, 4.69) is 42.1 Å². The molecule has 1 atom stereocenters. The maximum Gasteiger partial charge on any atom is 0.225 e. The van der Waals surface area contributed by atoms with E-state index < -0.39 is 0 Å². The Hall–Kier alpha value is -0.870. The first-order valence-electron chi connectivity index (χ1n) is 7.30. The van der Waals surface area contributed by atoms with Crippen molar-refractivity contribution in [3.05, 3.63) is 16.2 Å². The summed E-state index contributed by atoms with van der Waals surface area (Å²) in [4.78, 5) is 10.8. The lowest BCUT2D eigenvalue weighted by molar-refractivity contribution is 0.593. The van der Waals surface area contributed by atoms with Crippen molar-refractivity contribution in [3.63, 3.8) is 0 Å². The van der Waals surface area contributed by atoms with Crippen LogP contribution < -0.4 is 5.32 Å². The number of hydrogen-bond donors (Lipinski definition) is 1. The normalized spacial score (nSPS) is 12.8. The molecular formula is C15H22ClN3S. The van der Waals surface area contributed by atoms with Gasteiger partial charge in [-0.1, -0.05) is 32.6 Å². The highest BCUT2D eigenvalue weighted by atomic mass is 35.5. The summed E-state index contributed by atoms with van der Waals surface area (Å²) in [7, 11) is 0. The van der Waals surface area contributed by atoms with E-state index in [-0.39, 0.29) is 0 Å². The number of aromatic nitrogens is 2. The zero-order valence-electron chi connectivity index (χ0n) is 12.4. The maximum absolute atomic E-state index is 6.01. The van der Waals surface area contributed by atoms with Crippen molar-refractivity contribution >= 4 is 39.0 Å². The van der Waals surface area contributed by atoms with Crippen molar-refractivity contribution in [1.29, 1.82) is 0 Å². The van der Waals surface area contributed by atoms with Crippen LogP contribution in [0.15, 0.2) is 6.07 Å². The van der Waals surface area contributed by atoms with E-state index in [1.54, 1.807) is 11.3 Å². The molecule has 0 aliphatic heterocycles. The van der Waals surface area contributed by atoms with E-state index >= 15 is 0 Å². The SMILES string of the molecule is CCCCCCC(C)Nc1nc(Cl)nc2sc(C)cc12. The molecule has 0 bridgehead atoms. The smallest absolute Gasteiger partial charge is 0.225 e. The van der Waals surface area contributed by atoms with E-state index in [4.69, 9.17) is 11.6 Å². The van der Waals surface area contributed by atoms with Gasteiger partial charge in [0.1, 0.15) is 10.6 Å². The second kappa shape index (κ2) is 7.23. The highest BCUT2D eigenvalue weighted by Crippen LogP contribution is 2.30. The molecule has 0 amide bonds. The minimum Gasteiger partial charge on any atom is -0.367 e. The molecule has 0 aliphatic rings. The van der Waals surface area contributed by atoms with Crippen LogP contribution in [0.25, 0.3) is 10.2 Å². The third-order valence-corrected chi connectivity index (χ3v) is 4.48. The van der Waals surface area contributed by atoms with Gasteiger partial charge in [-0.15, -0.1) is 11.3 Å². The number of aryl methyl sites for hydroxylation is 1. The molecule has 2 aromatic rings. The highest BCUT2D eigenvalue weighted by Gasteiger charge is 2.11. The molecule has 2 rings (SSSR count). The fraction of sp³-hybridized carbons (Fsp3) is 0.600. The summed E-state index contributed by atoms with van der Waals surface area (Å²) in [6, 6.07) is 2.53. The minimum atomic E-state index is 0.319. The standard InChI is InChI=1S/C15H22ClN3S/c1-4-5-6-7-8-10(2)17-13-12-9-11(3)20-14(12)19-15(16)18-13/h9-10H,4-8H2,1-3H3,(H,17,18,19). The number of anilines is 1. The van der Waals surface area contributed by atoms with Crippen LogP contribution in [0.5, 0.6) is 0 Å². The van der Waals surface area contributed by atoms with E-state index in [9.17, 15) is 0 Å². The summed E-state index contributed by atoms with van der Waals surface area (Å²) in [5.41, 5.74) is 0. The first kappa shape index (κ1) is 15.5. The molecule has 0 aromatic carbocycles. The highest BCUT2D eigenvalue weighted by molar-refractivity contribution is 7.18. The van der Waals surface area contributed by atoms with Crippen molar-refractivity contribution in [2.75, 3.05) is 5.32 Å². The number of fused-ring (bicyclic) bond motifs is 1. The van der Waals surface area contributed by atoms with Gasteiger partial charge in [-0.2, -0.15) is 0 Å². The number of hydrogen-bond acceptors (Lipinski definition) is 4. The second-order valence-corrected chi connectivity index (χ2v) is 6.88. The lowest BCUT2D eigenvalue weighted by Crippen LogP contribution is -2.16. The Morgan fingerprint density at radius 1 is 1.30 bits per heavy atom. The maximum atomic E-state index is 6.01. The fourth-order valence-corrected chi connectivity index (χ4v) is 3.41. The summed E-state index contributed by atoms with van der Waals surface area (Å²) >= 11 is 7.66. The van der Waals surface area contributed by atoms with Crippen LogP contribution in [-0.2, 0) is 0 Å². The Bertz CT molecular complexity index is 567. The summed E-state index contributed by atoms with van der Waals surface area (Å²) in [6.07, 6.45) is 6.32. The molecule has 1 unspecified atom stereocenters. The van der Waals surface area contributed by atoms with Gasteiger partial charge < -0.3 is 5.32 Å². The number of thiophene rings is 1. The molecule has 0 saturated carbocycles. The lowest BCUT2D eigenvalue weighted by Gasteiger charge is -2.15. The molecule has 0 aliphatic carbocycles. The van der Waals surface area contributed by atoms with E-state index in [0.717, 1.165) is 22.5 Å². The van der Waals surface area contributed by atoms with Crippen molar-refractivity contribution in [2.24, 2.45) is 0 Å². The van der Waals surface area contributed by atoms with Gasteiger partial charge in [0.05, 0.1) is 5.39 Å². The van der Waals surface area contributed by atoms with E-state index in [1.807, 2.05) is 0 Å². The zero-order valence-corrected chi connectivity index (χ0v) is 13.9. The predicted molar refractivity (Wildman–Crippen MR) is 89.0 cm³/mol. The Morgan fingerprint density at radius 3 is 2.85 bits per heavy atom. The van der Waals surface area contributed by atoms with E-state index in [1.165, 1.54) is 30.6 Å². The summed E-state index contributed by atoms with van der Waals surface area (Å²) < 4.78 is 0. The molecule has 2 heterocycles. The molecule has 2 aromatic heterocycles. The van der Waals surface area contributed by atoms with Gasteiger partial charge >= 0.3 is 0 Å². The summed E-state index contributed by atoms with van der Waals surface area (Å²) in [5.74, 6) is 0.868. The molecule has 20 heavy (non-hydrogen) atoms. The van der Waals surface area contributed by atoms with Gasteiger partial charge in [-0.3, -0.25) is 0 Å². The van der Waals surface area contributed by atoms with Gasteiger partial charge in [0.25, 0.3) is 0 Å². The Kier molecular flexibility index (Phi) is 5.61. The van der Waals surface area contributed by atoms with Crippen molar-refractivity contribution in [1.82, 2.24) is 9.97 Å². The van der Waals surface area contributed by atoms with Crippen molar-refractivity contribution in [3.8, 4) is 0 Å². The molecule has 0 spiro atoms. The van der Waals surface area contributed by atoms with Gasteiger partial charge in [0, 0.05) is 10.9 Å². The Labute approximate surface area is 129 Å². The number of rotatable bonds is 7. The van der Waals surface area contributed by atoms with Gasteiger partial charge in [-0.25, -0.2) is 9.97 Å². The van der Waals surface area contributed by atoms with Crippen LogP contribution in [0.4, 0.5) is 5.82 Å². The Morgan fingerprint density at radius 2 is 2.10 bits per heavy atom. The lowest BCUT2D eigenvalue weighted by atomic mass is 10.1. The van der Waals surface area contributed by atoms with Crippen molar-refractivity contribution < 1.29 is 0 Å². The molecule has 0 radical (unpaired) electrons. The summed E-state index contributed by atoms with van der Waals surface area (Å²) in [5, 5.41) is 4.89. The average molecular weight is 312 g/mol. The van der Waals surface area contributed by atoms with Gasteiger partial charge in [0.2, 0.25) is 5.28 Å². The number of nitrogens with one attached hydrogen (secondary N) is 1. The molecule has 5 heteroatoms. The molecule has 0 saturated heterocycles. The molecule has 3 nitrogen and oxygen atoms in total. The summed E-state index contributed by atoms with van der Waals surface area (Å²) in [6.45, 7) is 6.52. The molecular weight excluding hydrogens is 290 g/mol. The largest absolute Gasteiger partial charge is 0.367 e. The molecule has 110 valence electrons. The topological polar surface area (TPSA) is 37.8 Å². The van der Waals surface area contributed by atoms with Crippen LogP contribution in [0.2, 0.25) is 5.28 Å². The molecule has 1 N–H and O–H groups in total. The number of halogens is 1. The molecule has 0 fully saturated rings. The third-order valence-electron chi connectivity index (χ3n) is 3.36. The minimum absolute atomic E-state index is 0.319. The monoisotopic (exact) mass is 311 g/mol. The van der Waals surface area contributed by atoms with Crippen LogP contribution in [-0.4, -0.2) is 16.0 Å². The first-order chi connectivity index (χ1) is 9.60. The fourth-order valence-electron chi connectivity index (χ4n) is 2.31. The van der Waals surface area contributed by atoms with Crippen LogP contribution in [0, 0.1) is 6.92 Å². The van der Waals surface area contributed by atoms with E-state index in [0.29, 0.717) is 11.3 Å². The second-order valence-electron chi connectivity index (χ2n) is 5.31. The predicted octanol–water partition coefficient (Wildman–Crippen LogP) is 5.42. The Balaban J connectivity index is 2.04. The van der Waals surface area contributed by atoms with Gasteiger partial charge in [0.15, 0.2) is 0 Å². The zero-order chi connectivity index (χ0) is 14.5. The van der Waals surface area contributed by atoms with Crippen LogP contribution in [0.1, 0.15) is 50.8 Å². The van der Waals surface area contributed by atoms with Crippen molar-refractivity contribution in [2.45, 2.75) is 58.9 Å². The quantitative estimate of drug-likeness (QED) is 0.547. The average Bonchev–Trinajstić information content (AvgIpc) is 2.75. The van der Waals surface area contributed by atoms with Gasteiger partial charge in [-0.05, 0) is 37.9 Å².